The number of carbonyl (C=O) groups excluding carboxylic acids is 1. The minimum absolute atomic E-state index is 0.00800. The van der Waals surface area contributed by atoms with Crippen LogP contribution in [0.1, 0.15) is 21.7 Å². The maximum Gasteiger partial charge on any atom is 0.292 e. The summed E-state index contributed by atoms with van der Waals surface area (Å²) in [5.41, 5.74) is 10.8. The molecule has 168 valence electrons. The monoisotopic (exact) mass is 440 g/mol. The number of rotatable bonds is 7. The number of morpholine rings is 1. The summed E-state index contributed by atoms with van der Waals surface area (Å²) in [6.45, 7) is 3.10. The Morgan fingerprint density at radius 2 is 2.00 bits per heavy atom. The Labute approximate surface area is 183 Å². The van der Waals surface area contributed by atoms with E-state index >= 15 is 0 Å². The number of nitrogens with zero attached hydrogens (tertiary/aromatic N) is 8. The summed E-state index contributed by atoms with van der Waals surface area (Å²) in [4.78, 5) is 17.2. The molecule has 13 heteroatoms. The lowest BCUT2D eigenvalue weighted by atomic mass is 10.2. The molecule has 0 saturated carbocycles. The summed E-state index contributed by atoms with van der Waals surface area (Å²) in [6, 6.07) is 7.73. The van der Waals surface area contributed by atoms with E-state index in [0.29, 0.717) is 25.5 Å². The number of benzene rings is 1. The first-order valence-electron chi connectivity index (χ1n) is 9.97. The van der Waals surface area contributed by atoms with E-state index in [2.05, 4.69) is 40.7 Å². The van der Waals surface area contributed by atoms with Crippen molar-refractivity contribution < 1.29 is 14.2 Å². The second-order valence-electron chi connectivity index (χ2n) is 7.34. The zero-order valence-electron chi connectivity index (χ0n) is 17.8. The van der Waals surface area contributed by atoms with Gasteiger partial charge in [-0.25, -0.2) is 10.1 Å². The topological polar surface area (TPSA) is 153 Å². The molecule has 0 radical (unpaired) electrons. The minimum atomic E-state index is -0.512. The lowest BCUT2D eigenvalue weighted by molar-refractivity contribution is 0.0335. The molecule has 0 aliphatic carbocycles. The first-order chi connectivity index (χ1) is 15.5. The number of nitrogen functional groups attached to an aromatic ring is 1. The van der Waals surface area contributed by atoms with E-state index in [1.54, 1.807) is 6.21 Å². The number of amides is 1. The largest absolute Gasteiger partial charge is 0.379 e. The van der Waals surface area contributed by atoms with Crippen molar-refractivity contribution in [2.24, 2.45) is 5.10 Å². The Balaban J connectivity index is 1.54. The molecular weight excluding hydrogens is 416 g/mol. The third-order valence-corrected chi connectivity index (χ3v) is 4.92. The van der Waals surface area contributed by atoms with E-state index in [1.165, 1.54) is 4.68 Å². The molecule has 0 unspecified atom stereocenters. The average Bonchev–Trinajstić information content (AvgIpc) is 3.40. The fourth-order valence-electron chi connectivity index (χ4n) is 3.18. The molecule has 1 fully saturated rings. The van der Waals surface area contributed by atoms with E-state index in [-0.39, 0.29) is 17.3 Å². The fraction of sp³-hybridized carbons (Fsp3) is 0.368. The van der Waals surface area contributed by atoms with Crippen molar-refractivity contribution in [3.05, 3.63) is 41.2 Å². The van der Waals surface area contributed by atoms with Gasteiger partial charge in [0.15, 0.2) is 5.69 Å². The van der Waals surface area contributed by atoms with Gasteiger partial charge in [-0.3, -0.25) is 9.69 Å². The highest BCUT2D eigenvalue weighted by atomic mass is 16.6. The third-order valence-electron chi connectivity index (χ3n) is 4.92. The minimum Gasteiger partial charge on any atom is -0.379 e. The van der Waals surface area contributed by atoms with Crippen molar-refractivity contribution in [3.8, 4) is 5.82 Å². The highest BCUT2D eigenvalue weighted by Crippen LogP contribution is 2.17. The first kappa shape index (κ1) is 21.4. The predicted molar refractivity (Wildman–Crippen MR) is 116 cm³/mol. The Kier molecular flexibility index (Phi) is 6.37. The van der Waals surface area contributed by atoms with E-state index in [1.807, 2.05) is 43.3 Å². The molecule has 2 aromatic heterocycles. The molecule has 1 amide bonds. The summed E-state index contributed by atoms with van der Waals surface area (Å²) in [5, 5.41) is 19.6. The number of hydrogen-bond donors (Lipinski definition) is 2. The summed E-state index contributed by atoms with van der Waals surface area (Å²) in [6.07, 6.45) is 1.55. The number of hydrogen-bond acceptors (Lipinski definition) is 11. The van der Waals surface area contributed by atoms with Gasteiger partial charge in [-0.15, -0.1) is 5.10 Å². The van der Waals surface area contributed by atoms with Crippen LogP contribution >= 0.6 is 0 Å². The van der Waals surface area contributed by atoms with Crippen LogP contribution in [0.25, 0.3) is 5.82 Å². The van der Waals surface area contributed by atoms with Crippen molar-refractivity contribution in [2.45, 2.75) is 6.54 Å². The van der Waals surface area contributed by atoms with Crippen LogP contribution in [-0.2, 0) is 11.3 Å². The Morgan fingerprint density at radius 1 is 1.25 bits per heavy atom. The van der Waals surface area contributed by atoms with Crippen molar-refractivity contribution >= 4 is 23.6 Å². The molecule has 1 aliphatic rings. The number of aromatic nitrogens is 5. The van der Waals surface area contributed by atoms with Gasteiger partial charge in [0.25, 0.3) is 5.91 Å². The number of nitrogens with two attached hydrogens (primary N) is 1. The number of nitrogens with one attached hydrogen (secondary N) is 1. The molecule has 0 atom stereocenters. The smallest absolute Gasteiger partial charge is 0.292 e. The van der Waals surface area contributed by atoms with Crippen molar-refractivity contribution in [1.29, 1.82) is 0 Å². The van der Waals surface area contributed by atoms with Crippen molar-refractivity contribution in [1.82, 2.24) is 35.6 Å². The molecular formula is C19H24N10O3. The molecule has 3 aromatic rings. The van der Waals surface area contributed by atoms with Crippen LogP contribution in [-0.4, -0.2) is 82.7 Å². The second-order valence-corrected chi connectivity index (χ2v) is 7.34. The lowest BCUT2D eigenvalue weighted by Gasteiger charge is -2.25. The molecule has 0 bridgehead atoms. The number of carbonyl (C=O) groups is 1. The molecule has 1 saturated heterocycles. The van der Waals surface area contributed by atoms with E-state index < -0.39 is 5.91 Å². The van der Waals surface area contributed by atoms with E-state index in [9.17, 15) is 4.79 Å². The summed E-state index contributed by atoms with van der Waals surface area (Å²) >= 11 is 0. The van der Waals surface area contributed by atoms with Gasteiger partial charge in [0, 0.05) is 39.4 Å². The van der Waals surface area contributed by atoms with Gasteiger partial charge in [0.1, 0.15) is 5.69 Å². The van der Waals surface area contributed by atoms with Crippen molar-refractivity contribution in [2.75, 3.05) is 51.0 Å². The SMILES string of the molecule is CN(C)c1ccc(/C=N/NC(=O)c2c(CN3CCOCC3)nnn2-c2nonc2N)cc1. The summed E-state index contributed by atoms with van der Waals surface area (Å²) in [5.74, 6) is -0.438. The van der Waals surface area contributed by atoms with Crippen LogP contribution in [0.5, 0.6) is 0 Å². The van der Waals surface area contributed by atoms with E-state index in [4.69, 9.17) is 10.5 Å². The molecule has 1 aromatic carbocycles. The van der Waals surface area contributed by atoms with Gasteiger partial charge in [0.2, 0.25) is 11.6 Å². The van der Waals surface area contributed by atoms with Crippen LogP contribution < -0.4 is 16.1 Å². The molecule has 3 heterocycles. The molecule has 1 aliphatic heterocycles. The average molecular weight is 440 g/mol. The van der Waals surface area contributed by atoms with Crippen molar-refractivity contribution in [3.63, 3.8) is 0 Å². The molecule has 0 spiro atoms. The number of anilines is 2. The van der Waals surface area contributed by atoms with Gasteiger partial charge in [0.05, 0.1) is 19.4 Å². The standard InChI is InChI=1S/C19H24N10O3/c1-27(2)14-5-3-13(4-6-14)11-21-23-19(30)16-15(12-28-7-9-31-10-8-28)22-26-29(16)18-17(20)24-32-25-18/h3-6,11H,7-10,12H2,1-2H3,(H2,20,24)(H,23,30)/b21-11+. The normalized spacial score (nSPS) is 14.7. The number of hydrazone groups is 1. The van der Waals surface area contributed by atoms with Crippen LogP contribution in [0.3, 0.4) is 0 Å². The zero-order valence-corrected chi connectivity index (χ0v) is 17.8. The van der Waals surface area contributed by atoms with Crippen LogP contribution in [0.15, 0.2) is 34.0 Å². The van der Waals surface area contributed by atoms with Gasteiger partial charge in [-0.05, 0) is 28.0 Å². The Hall–Kier alpha value is -3.84. The van der Waals surface area contributed by atoms with Gasteiger partial charge in [-0.2, -0.15) is 9.78 Å². The molecule has 3 N–H and O–H groups in total. The summed E-state index contributed by atoms with van der Waals surface area (Å²) < 4.78 is 11.2. The summed E-state index contributed by atoms with van der Waals surface area (Å²) in [7, 11) is 3.93. The highest BCUT2D eigenvalue weighted by molar-refractivity contribution is 5.95. The zero-order chi connectivity index (χ0) is 22.5. The molecule has 13 nitrogen and oxygen atoms in total. The number of ether oxygens (including phenoxy) is 1. The lowest BCUT2D eigenvalue weighted by Crippen LogP contribution is -2.36. The molecule has 32 heavy (non-hydrogen) atoms. The third kappa shape index (κ3) is 4.73. The highest BCUT2D eigenvalue weighted by Gasteiger charge is 2.26. The first-order valence-corrected chi connectivity index (χ1v) is 9.97. The maximum absolute atomic E-state index is 13.0. The maximum atomic E-state index is 13.0. The van der Waals surface area contributed by atoms with E-state index in [0.717, 1.165) is 24.3 Å². The van der Waals surface area contributed by atoms with Crippen LogP contribution in [0.4, 0.5) is 11.5 Å². The predicted octanol–water partition coefficient (Wildman–Crippen LogP) is -0.105. The van der Waals surface area contributed by atoms with Gasteiger partial charge >= 0.3 is 0 Å². The van der Waals surface area contributed by atoms with Crippen LogP contribution in [0.2, 0.25) is 0 Å². The Morgan fingerprint density at radius 3 is 2.66 bits per heavy atom. The molecule has 4 rings (SSSR count). The van der Waals surface area contributed by atoms with Crippen LogP contribution in [0, 0.1) is 0 Å². The quantitative estimate of drug-likeness (QED) is 0.376. The van der Waals surface area contributed by atoms with Gasteiger partial charge < -0.3 is 15.4 Å². The Bertz CT molecular complexity index is 1080. The van der Waals surface area contributed by atoms with Gasteiger partial charge in [-0.1, -0.05) is 17.3 Å². The second kappa shape index (κ2) is 9.53. The fourth-order valence-corrected chi connectivity index (χ4v) is 3.18.